The van der Waals surface area contributed by atoms with Crippen molar-refractivity contribution in [1.82, 2.24) is 9.78 Å². The number of aryl methyl sites for hydroxylation is 3. The van der Waals surface area contributed by atoms with Crippen molar-refractivity contribution in [2.75, 3.05) is 12.4 Å². The summed E-state index contributed by atoms with van der Waals surface area (Å²) in [6.45, 7) is 1.47. The number of aromatic nitrogens is 2. The number of esters is 1. The molecule has 144 valence electrons. The number of nitro groups is 1. The number of anilines is 1. The molecule has 0 saturated carbocycles. The molecule has 1 amide bonds. The molecule has 2 heterocycles. The molecule has 3 rings (SSSR count). The number of carbonyl (C=O) groups is 2. The van der Waals surface area contributed by atoms with Crippen LogP contribution in [0.3, 0.4) is 0 Å². The van der Waals surface area contributed by atoms with Crippen LogP contribution in [-0.2, 0) is 24.6 Å². The molecule has 0 unspecified atom stereocenters. The summed E-state index contributed by atoms with van der Waals surface area (Å²) in [4.78, 5) is 36.9. The number of hydrogen-bond donors (Lipinski definition) is 1. The van der Waals surface area contributed by atoms with Crippen LogP contribution in [0, 0.1) is 17.0 Å². The van der Waals surface area contributed by atoms with Gasteiger partial charge in [-0.2, -0.15) is 5.10 Å². The zero-order valence-corrected chi connectivity index (χ0v) is 16.1. The zero-order valence-electron chi connectivity index (χ0n) is 15.3. The van der Waals surface area contributed by atoms with E-state index in [1.54, 1.807) is 0 Å². The smallest absolute Gasteiger partial charge is 0.341 e. The van der Waals surface area contributed by atoms with Crippen molar-refractivity contribution in [2.24, 2.45) is 7.05 Å². The maximum atomic E-state index is 12.8. The molecule has 0 aliphatic heterocycles. The van der Waals surface area contributed by atoms with E-state index in [2.05, 4.69) is 10.4 Å². The molecule has 1 aliphatic carbocycles. The highest BCUT2D eigenvalue weighted by Gasteiger charge is 2.32. The highest BCUT2D eigenvalue weighted by molar-refractivity contribution is 7.17. The predicted octanol–water partition coefficient (Wildman–Crippen LogP) is 3.01. The molecule has 10 heteroatoms. The Kier molecular flexibility index (Phi) is 5.26. The number of methoxy groups -OCH3 is 1. The summed E-state index contributed by atoms with van der Waals surface area (Å²) in [6, 6.07) is 0. The molecule has 2 aromatic rings. The number of thiophene rings is 1. The van der Waals surface area contributed by atoms with Crippen molar-refractivity contribution >= 4 is 33.9 Å². The summed E-state index contributed by atoms with van der Waals surface area (Å²) >= 11 is 1.34. The van der Waals surface area contributed by atoms with Crippen LogP contribution in [0.1, 0.15) is 56.2 Å². The number of amides is 1. The lowest BCUT2D eigenvalue weighted by molar-refractivity contribution is -0.385. The first kappa shape index (κ1) is 19.0. The minimum absolute atomic E-state index is 0.155. The maximum Gasteiger partial charge on any atom is 0.341 e. The largest absolute Gasteiger partial charge is 0.465 e. The third kappa shape index (κ3) is 3.44. The first-order chi connectivity index (χ1) is 12.8. The summed E-state index contributed by atoms with van der Waals surface area (Å²) in [7, 11) is 2.77. The SMILES string of the molecule is COC(=O)c1c(NC(=O)c2c([N+](=O)[O-])c(C)nn2C)sc2c1CCCCC2. The minimum atomic E-state index is -0.675. The third-order valence-corrected chi connectivity index (χ3v) is 5.83. The van der Waals surface area contributed by atoms with E-state index in [-0.39, 0.29) is 17.1 Å². The fraction of sp³-hybridized carbons (Fsp3) is 0.471. The molecule has 1 N–H and O–H groups in total. The van der Waals surface area contributed by atoms with E-state index in [1.165, 1.54) is 37.1 Å². The lowest BCUT2D eigenvalue weighted by atomic mass is 10.1. The number of rotatable bonds is 4. The van der Waals surface area contributed by atoms with Gasteiger partial charge in [-0.1, -0.05) is 6.42 Å². The number of nitrogens with one attached hydrogen (secondary N) is 1. The molecule has 0 fully saturated rings. The van der Waals surface area contributed by atoms with Crippen LogP contribution >= 0.6 is 11.3 Å². The van der Waals surface area contributed by atoms with Gasteiger partial charge in [0.05, 0.1) is 17.6 Å². The van der Waals surface area contributed by atoms with Gasteiger partial charge in [0.15, 0.2) is 0 Å². The van der Waals surface area contributed by atoms with Crippen molar-refractivity contribution in [1.29, 1.82) is 0 Å². The standard InChI is InChI=1S/C17H20N4O5S/c1-9-13(21(24)25)14(20(2)19-9)15(22)18-16-12(17(23)26-3)10-7-5-4-6-8-11(10)27-16/h4-8H2,1-3H3,(H,18,22). The highest BCUT2D eigenvalue weighted by Crippen LogP contribution is 2.38. The van der Waals surface area contributed by atoms with E-state index >= 15 is 0 Å². The average molecular weight is 392 g/mol. The molecule has 2 aromatic heterocycles. The minimum Gasteiger partial charge on any atom is -0.465 e. The third-order valence-electron chi connectivity index (χ3n) is 4.63. The fourth-order valence-electron chi connectivity index (χ4n) is 3.43. The second kappa shape index (κ2) is 7.47. The van der Waals surface area contributed by atoms with Crippen LogP contribution in [0.25, 0.3) is 0 Å². The summed E-state index contributed by atoms with van der Waals surface area (Å²) < 4.78 is 6.09. The Morgan fingerprint density at radius 3 is 2.67 bits per heavy atom. The van der Waals surface area contributed by atoms with Crippen molar-refractivity contribution in [2.45, 2.75) is 39.0 Å². The Bertz CT molecular complexity index is 930. The zero-order chi connectivity index (χ0) is 19.7. The number of carbonyl (C=O) groups excluding carboxylic acids is 2. The molecule has 0 atom stereocenters. The Balaban J connectivity index is 2.02. The van der Waals surface area contributed by atoms with Gasteiger partial charge in [-0.25, -0.2) is 4.79 Å². The molecule has 0 spiro atoms. The molecule has 0 aromatic carbocycles. The van der Waals surface area contributed by atoms with Gasteiger partial charge in [0.2, 0.25) is 5.69 Å². The van der Waals surface area contributed by atoms with Gasteiger partial charge in [-0.3, -0.25) is 19.6 Å². The molecule has 0 saturated heterocycles. The molecule has 0 bridgehead atoms. The van der Waals surface area contributed by atoms with E-state index in [9.17, 15) is 19.7 Å². The lowest BCUT2D eigenvalue weighted by Gasteiger charge is -2.07. The van der Waals surface area contributed by atoms with Crippen LogP contribution in [0.15, 0.2) is 0 Å². The molecule has 27 heavy (non-hydrogen) atoms. The summed E-state index contributed by atoms with van der Waals surface area (Å²) in [5, 5.41) is 18.4. The second-order valence-corrected chi connectivity index (χ2v) is 7.48. The van der Waals surface area contributed by atoms with Gasteiger partial charge in [0.1, 0.15) is 10.7 Å². The number of hydrogen-bond acceptors (Lipinski definition) is 7. The van der Waals surface area contributed by atoms with Crippen LogP contribution < -0.4 is 5.32 Å². The highest BCUT2D eigenvalue weighted by atomic mass is 32.1. The molecule has 1 aliphatic rings. The Morgan fingerprint density at radius 1 is 1.30 bits per heavy atom. The molecule has 0 radical (unpaired) electrons. The predicted molar refractivity (Wildman–Crippen MR) is 99.5 cm³/mol. The van der Waals surface area contributed by atoms with Gasteiger partial charge in [0, 0.05) is 11.9 Å². The number of ether oxygens (including phenoxy) is 1. The monoisotopic (exact) mass is 392 g/mol. The van der Waals surface area contributed by atoms with Gasteiger partial charge in [-0.15, -0.1) is 11.3 Å². The average Bonchev–Trinajstić information content (AvgIpc) is 3.00. The second-order valence-electron chi connectivity index (χ2n) is 6.38. The van der Waals surface area contributed by atoms with Crippen LogP contribution in [0.2, 0.25) is 0 Å². The van der Waals surface area contributed by atoms with E-state index in [0.29, 0.717) is 10.6 Å². The summed E-state index contributed by atoms with van der Waals surface area (Å²) in [5.41, 5.74) is 0.928. The van der Waals surface area contributed by atoms with Crippen molar-refractivity contribution in [3.8, 4) is 0 Å². The number of fused-ring (bicyclic) bond motifs is 1. The molecule has 9 nitrogen and oxygen atoms in total. The first-order valence-corrected chi connectivity index (χ1v) is 9.39. The van der Waals surface area contributed by atoms with Gasteiger partial charge >= 0.3 is 11.7 Å². The van der Waals surface area contributed by atoms with Crippen LogP contribution in [-0.4, -0.2) is 33.7 Å². The fourth-order valence-corrected chi connectivity index (χ4v) is 4.70. The Hall–Kier alpha value is -2.75. The number of nitrogens with zero attached hydrogens (tertiary/aromatic N) is 3. The van der Waals surface area contributed by atoms with Gasteiger partial charge < -0.3 is 10.1 Å². The Labute approximate surface area is 159 Å². The summed E-state index contributed by atoms with van der Waals surface area (Å²) in [6.07, 6.45) is 4.66. The van der Waals surface area contributed by atoms with Crippen molar-refractivity contribution in [3.63, 3.8) is 0 Å². The van der Waals surface area contributed by atoms with Gasteiger partial charge in [-0.05, 0) is 38.2 Å². The molecular weight excluding hydrogens is 372 g/mol. The van der Waals surface area contributed by atoms with Crippen LogP contribution in [0.5, 0.6) is 0 Å². The van der Waals surface area contributed by atoms with Crippen molar-refractivity contribution in [3.05, 3.63) is 37.5 Å². The van der Waals surface area contributed by atoms with E-state index in [0.717, 1.165) is 42.5 Å². The maximum absolute atomic E-state index is 12.8. The van der Waals surface area contributed by atoms with E-state index < -0.39 is 16.8 Å². The quantitative estimate of drug-likeness (QED) is 0.370. The van der Waals surface area contributed by atoms with Gasteiger partial charge in [0.25, 0.3) is 5.91 Å². The Morgan fingerprint density at radius 2 is 2.00 bits per heavy atom. The van der Waals surface area contributed by atoms with E-state index in [4.69, 9.17) is 4.74 Å². The molecular formula is C17H20N4O5S. The van der Waals surface area contributed by atoms with E-state index in [1.807, 2.05) is 0 Å². The summed E-state index contributed by atoms with van der Waals surface area (Å²) in [5.74, 6) is -1.19. The normalized spacial score (nSPS) is 13.6. The topological polar surface area (TPSA) is 116 Å². The lowest BCUT2D eigenvalue weighted by Crippen LogP contribution is -2.19. The first-order valence-electron chi connectivity index (χ1n) is 8.57. The van der Waals surface area contributed by atoms with Crippen molar-refractivity contribution < 1.29 is 19.2 Å². The van der Waals surface area contributed by atoms with Crippen LogP contribution in [0.4, 0.5) is 10.7 Å².